The molecule has 1 aliphatic heterocycles. The smallest absolute Gasteiger partial charge is 0.407 e. The minimum Gasteiger partial charge on any atom is -0.468 e. The van der Waals surface area contributed by atoms with Gasteiger partial charge in [-0.2, -0.15) is 10.2 Å². The Morgan fingerprint density at radius 2 is 2.13 bits per heavy atom. The van der Waals surface area contributed by atoms with Crippen molar-refractivity contribution in [1.82, 2.24) is 14.9 Å². The number of benzene rings is 1. The number of carbonyl (C=O) groups excluding carboxylic acids is 1. The predicted octanol–water partition coefficient (Wildman–Crippen LogP) is 3.56. The Kier molecular flexibility index (Phi) is 7.87. The fourth-order valence-corrected chi connectivity index (χ4v) is 5.83. The molecule has 1 amide bonds. The Hall–Kier alpha value is -4.05. The number of nitrogens with zero attached hydrogens (tertiary/aromatic N) is 6. The summed E-state index contributed by atoms with van der Waals surface area (Å²) < 4.78 is 20.3. The maximum Gasteiger partial charge on any atom is 0.407 e. The summed E-state index contributed by atoms with van der Waals surface area (Å²) in [6, 6.07) is 4.40. The molecule has 1 fully saturated rings. The number of piperazine rings is 1. The van der Waals surface area contributed by atoms with Crippen molar-refractivity contribution in [3.8, 4) is 6.07 Å². The van der Waals surface area contributed by atoms with E-state index in [-0.39, 0.29) is 55.7 Å². The predicted molar refractivity (Wildman–Crippen MR) is 136 cm³/mol. The average Bonchev–Trinajstić information content (AvgIpc) is 2.89. The summed E-state index contributed by atoms with van der Waals surface area (Å²) in [6.45, 7) is 1.61. The number of halogens is 2. The number of methoxy groups -OCH3 is 1. The fourth-order valence-electron chi connectivity index (χ4n) is 5.65. The van der Waals surface area contributed by atoms with Crippen molar-refractivity contribution < 1.29 is 28.7 Å². The highest BCUT2D eigenvalue weighted by Crippen LogP contribution is 2.44. The molecule has 1 N–H and O–H groups in total. The first-order chi connectivity index (χ1) is 18.5. The van der Waals surface area contributed by atoms with E-state index in [2.05, 4.69) is 9.97 Å². The number of aromatic nitrogens is 2. The van der Waals surface area contributed by atoms with Crippen molar-refractivity contribution in [3.05, 3.63) is 55.7 Å². The molecule has 1 saturated heterocycles. The molecule has 2 aromatic rings. The molecule has 1 aliphatic carbocycles. The zero-order valence-electron chi connectivity index (χ0n) is 21.3. The number of hydrogen-bond donors (Lipinski definition) is 1. The van der Waals surface area contributed by atoms with Crippen LogP contribution in [-0.2, 0) is 27.8 Å². The molecule has 0 radical (unpaired) electrons. The van der Waals surface area contributed by atoms with Crippen molar-refractivity contribution >= 4 is 35.2 Å². The zero-order valence-corrected chi connectivity index (χ0v) is 22.1. The molecule has 1 aromatic heterocycles. The number of nitriles is 1. The Morgan fingerprint density at radius 3 is 2.77 bits per heavy atom. The Balaban J connectivity index is 1.84. The molecule has 2 atom stereocenters. The van der Waals surface area contributed by atoms with Gasteiger partial charge >= 0.3 is 17.7 Å². The van der Waals surface area contributed by atoms with E-state index in [4.69, 9.17) is 16.3 Å². The molecule has 14 heteroatoms. The van der Waals surface area contributed by atoms with Crippen LogP contribution in [0.1, 0.15) is 41.6 Å². The van der Waals surface area contributed by atoms with Crippen molar-refractivity contribution in [2.24, 2.45) is 0 Å². The minimum absolute atomic E-state index is 0.0199. The largest absolute Gasteiger partial charge is 0.468 e. The van der Waals surface area contributed by atoms with Crippen LogP contribution in [0.25, 0.3) is 0 Å². The normalized spacial score (nSPS) is 20.6. The quantitative estimate of drug-likeness (QED) is 0.239. The van der Waals surface area contributed by atoms with Crippen molar-refractivity contribution in [2.45, 2.75) is 50.5 Å². The molecule has 0 spiro atoms. The lowest BCUT2D eigenvalue weighted by atomic mass is 9.67. The number of hydrogen-bond acceptors (Lipinski definition) is 9. The summed E-state index contributed by atoms with van der Waals surface area (Å²) in [5.74, 6) is -1.26. The van der Waals surface area contributed by atoms with E-state index in [0.29, 0.717) is 29.5 Å². The van der Waals surface area contributed by atoms with E-state index in [1.54, 1.807) is 19.1 Å². The molecule has 4 rings (SSSR count). The lowest BCUT2D eigenvalue weighted by molar-refractivity contribution is -0.385. The van der Waals surface area contributed by atoms with Gasteiger partial charge in [0.1, 0.15) is 11.5 Å². The summed E-state index contributed by atoms with van der Waals surface area (Å²) >= 11 is 6.24. The number of fused-ring (bicyclic) bond motifs is 1. The number of nitro groups is 1. The van der Waals surface area contributed by atoms with E-state index < -0.39 is 39.9 Å². The van der Waals surface area contributed by atoms with Crippen molar-refractivity contribution in [3.63, 3.8) is 0 Å². The summed E-state index contributed by atoms with van der Waals surface area (Å²) in [4.78, 5) is 47.6. The highest BCUT2D eigenvalue weighted by Gasteiger charge is 2.48. The average molecular weight is 561 g/mol. The number of amides is 1. The van der Waals surface area contributed by atoms with Gasteiger partial charge < -0.3 is 19.6 Å². The minimum atomic E-state index is -1.46. The third-order valence-corrected chi connectivity index (χ3v) is 7.64. The van der Waals surface area contributed by atoms with Gasteiger partial charge in [0.15, 0.2) is 0 Å². The third-order valence-electron chi connectivity index (χ3n) is 7.48. The Bertz CT molecular complexity index is 1380. The summed E-state index contributed by atoms with van der Waals surface area (Å²) in [6.07, 6.45) is -0.551. The van der Waals surface area contributed by atoms with E-state index in [1.165, 1.54) is 12.0 Å². The lowest BCUT2D eigenvalue weighted by Crippen LogP contribution is -2.55. The maximum atomic E-state index is 15.1. The first kappa shape index (κ1) is 28.0. The first-order valence-electron chi connectivity index (χ1n) is 12.2. The van der Waals surface area contributed by atoms with Crippen molar-refractivity contribution in [2.75, 3.05) is 31.6 Å². The highest BCUT2D eigenvalue weighted by molar-refractivity contribution is 6.28. The number of ether oxygens (including phenoxy) is 1. The highest BCUT2D eigenvalue weighted by atomic mass is 35.5. The Labute approximate surface area is 228 Å². The monoisotopic (exact) mass is 560 g/mol. The number of esters is 1. The van der Waals surface area contributed by atoms with Crippen LogP contribution in [0.3, 0.4) is 0 Å². The zero-order chi connectivity index (χ0) is 28.5. The van der Waals surface area contributed by atoms with Crippen LogP contribution >= 0.6 is 11.6 Å². The van der Waals surface area contributed by atoms with Gasteiger partial charge in [-0.15, -0.1) is 0 Å². The van der Waals surface area contributed by atoms with E-state index >= 15 is 4.39 Å². The molecular formula is C25H26ClFN6O6. The van der Waals surface area contributed by atoms with Crippen LogP contribution in [0.15, 0.2) is 12.1 Å². The molecule has 39 heavy (non-hydrogen) atoms. The van der Waals surface area contributed by atoms with E-state index in [0.717, 1.165) is 4.90 Å². The molecule has 0 saturated carbocycles. The second kappa shape index (κ2) is 11.0. The van der Waals surface area contributed by atoms with Gasteiger partial charge in [0.05, 0.1) is 36.0 Å². The first-order valence-corrected chi connectivity index (χ1v) is 12.6. The molecule has 206 valence electrons. The van der Waals surface area contributed by atoms with E-state index in [1.807, 2.05) is 6.07 Å². The summed E-state index contributed by atoms with van der Waals surface area (Å²) in [7, 11) is 1.20. The molecule has 1 unspecified atom stereocenters. The van der Waals surface area contributed by atoms with Gasteiger partial charge in [-0.1, -0.05) is 12.1 Å². The van der Waals surface area contributed by atoms with Crippen LogP contribution in [0, 0.1) is 34.2 Å². The van der Waals surface area contributed by atoms with Gasteiger partial charge in [-0.25, -0.2) is 14.2 Å². The van der Waals surface area contributed by atoms with Crippen molar-refractivity contribution in [1.29, 1.82) is 5.26 Å². The summed E-state index contributed by atoms with van der Waals surface area (Å²) in [5.41, 5.74) is -0.923. The molecule has 12 nitrogen and oxygen atoms in total. The van der Waals surface area contributed by atoms with Gasteiger partial charge in [0.2, 0.25) is 11.1 Å². The Morgan fingerprint density at radius 1 is 1.38 bits per heavy atom. The van der Waals surface area contributed by atoms with Gasteiger partial charge in [0.25, 0.3) is 0 Å². The molecule has 2 heterocycles. The molecular weight excluding hydrogens is 535 g/mol. The topological polar surface area (TPSA) is 163 Å². The van der Waals surface area contributed by atoms with Gasteiger partial charge in [0, 0.05) is 26.1 Å². The van der Waals surface area contributed by atoms with Crippen LogP contribution < -0.4 is 4.90 Å². The second-order valence-corrected chi connectivity index (χ2v) is 9.97. The third kappa shape index (κ3) is 5.04. The van der Waals surface area contributed by atoms with Gasteiger partial charge in [-0.3, -0.25) is 14.9 Å². The number of aryl methyl sites for hydroxylation is 1. The van der Waals surface area contributed by atoms with Crippen LogP contribution in [0.4, 0.5) is 20.7 Å². The fraction of sp³-hybridized carbons (Fsp3) is 0.480. The number of rotatable bonds is 6. The molecule has 2 aliphatic rings. The summed E-state index contributed by atoms with van der Waals surface area (Å²) in [5, 5.41) is 30.8. The van der Waals surface area contributed by atoms with Crippen LogP contribution in [0.2, 0.25) is 5.28 Å². The molecule has 0 bridgehead atoms. The second-order valence-electron chi connectivity index (χ2n) is 9.63. The van der Waals surface area contributed by atoms with Crippen LogP contribution in [0.5, 0.6) is 0 Å². The number of carboxylic acid groups (broad SMARTS) is 1. The lowest BCUT2D eigenvalue weighted by Gasteiger charge is -2.39. The van der Waals surface area contributed by atoms with Gasteiger partial charge in [-0.05, 0) is 54.5 Å². The number of anilines is 1. The van der Waals surface area contributed by atoms with Crippen LogP contribution in [-0.4, -0.2) is 69.7 Å². The molecule has 1 aromatic carbocycles. The van der Waals surface area contributed by atoms with E-state index in [9.17, 15) is 30.1 Å². The maximum absolute atomic E-state index is 15.1. The standard InChI is InChI=1S/C25H26ClFN6O6/c1-14-5-6-17-16(19(14)27)4-3-8-25(17,22(34)39-2)12-18-20(33(37)38)21(30-23(26)29-18)31-10-11-32(24(35)36)15(13-31)7-9-28/h5-6,15H,3-4,7-8,10-13H2,1-2H3,(H,35,36)/t15-,25?/m0/s1. The SMILES string of the molecule is COC(=O)C1(Cc2nc(Cl)nc(N3CCN(C(=O)O)[C@@H](CC#N)C3)c2[N+](=O)[O-])CCCc2c1ccc(C)c2F. The number of carbonyl (C=O) groups is 2.